The highest BCUT2D eigenvalue weighted by Crippen LogP contribution is 2.43. The van der Waals surface area contributed by atoms with Gasteiger partial charge >= 0.3 is 31.7 Å². The first kappa shape index (κ1) is 115. The zero-order valence-corrected chi connectivity index (χ0v) is 79.3. The second-order valence-corrected chi connectivity index (χ2v) is 37.2. The van der Waals surface area contributed by atoms with Crippen LogP contribution in [0.5, 0.6) is 0 Å². The molecule has 0 aromatic carbocycles. The number of aliphatic hydroxyl groups is 5. The lowest BCUT2D eigenvalue weighted by Gasteiger charge is -2.46. The number of hydrogen-bond acceptors (Lipinski definition) is 20. The van der Waals surface area contributed by atoms with E-state index < -0.39 is 168 Å². The number of hydrogen-bond donors (Lipinski definition) is 9. The summed E-state index contributed by atoms with van der Waals surface area (Å²) < 4.78 is 61.9. The molecule has 0 aliphatic carbocycles. The smallest absolute Gasteiger partial charge is 0.462 e. The number of phosphoric acid groups is 1. The summed E-state index contributed by atoms with van der Waals surface area (Å²) in [5.41, 5.74) is 0. The van der Waals surface area contributed by atoms with E-state index in [4.69, 9.17) is 37.7 Å². The van der Waals surface area contributed by atoms with E-state index in [1.165, 1.54) is 109 Å². The number of rotatable bonds is 85. The summed E-state index contributed by atoms with van der Waals surface area (Å²) in [4.78, 5) is 107. The maximum absolute atomic E-state index is 15.1. The molecule has 25 heteroatoms. The van der Waals surface area contributed by atoms with Crippen molar-refractivity contribution >= 4 is 43.5 Å². The van der Waals surface area contributed by atoms with Gasteiger partial charge in [-0.3, -0.25) is 33.3 Å². The fourth-order valence-electron chi connectivity index (χ4n) is 16.8. The summed E-state index contributed by atoms with van der Waals surface area (Å²) in [6, 6.07) is -3.48. The zero-order chi connectivity index (χ0) is 90.0. The van der Waals surface area contributed by atoms with E-state index >= 15 is 4.79 Å². The molecule has 0 bridgehead atoms. The van der Waals surface area contributed by atoms with Crippen molar-refractivity contribution in [3.8, 4) is 0 Å². The predicted octanol–water partition coefficient (Wildman–Crippen LogP) is 21.8. The number of ether oxygens (including phenoxy) is 7. The molecule has 9 N–H and O–H groups in total. The van der Waals surface area contributed by atoms with Crippen molar-refractivity contribution in [2.24, 2.45) is 0 Å². The van der Waals surface area contributed by atoms with Crippen molar-refractivity contribution in [1.29, 1.82) is 0 Å². The Morgan fingerprint density at radius 3 is 1.09 bits per heavy atom. The maximum atomic E-state index is 15.1. The van der Waals surface area contributed by atoms with Crippen molar-refractivity contribution in [3.05, 3.63) is 12.2 Å². The molecule has 0 saturated carbocycles. The van der Waals surface area contributed by atoms with Gasteiger partial charge in [0.05, 0.1) is 51.1 Å². The number of phosphoric ester groups is 1. The summed E-state index contributed by atoms with van der Waals surface area (Å²) >= 11 is 0. The Morgan fingerprint density at radius 1 is 0.366 bits per heavy atom. The molecule has 24 nitrogen and oxygen atoms in total. The lowest BCUT2D eigenvalue weighted by molar-refractivity contribution is -0.298. The molecule has 0 radical (unpaired) electrons. The van der Waals surface area contributed by atoms with Crippen LogP contribution in [0.2, 0.25) is 0 Å². The molecular weight excluding hydrogens is 1590 g/mol. The van der Waals surface area contributed by atoms with Crippen molar-refractivity contribution in [3.63, 3.8) is 0 Å². The SMILES string of the molecule is CCCCCC/C=C\CCCCCCCC(=O)OC(CCCCCCCCCCC)CC(=O)N[C@H]1C(OC(=O)CC(CCCCCCCCCCC)OC(=O)CCCCCCCCCCC)C(OP(=O)(O)O)C(CO)O[C@H]1OCC1OC(O)[C@@H](NC(=O)CC(O)CCCCCCCCCCCCC)C(OC(=O)CC(O)CCCCCCCCCCC)[C@@H]1O. The molecular formula is C98H183N2O22P. The van der Waals surface area contributed by atoms with Gasteiger partial charge in [0.25, 0.3) is 0 Å². The van der Waals surface area contributed by atoms with Crippen molar-refractivity contribution in [2.45, 2.75) is 564 Å². The van der Waals surface area contributed by atoms with E-state index in [1.807, 2.05) is 0 Å². The molecule has 123 heavy (non-hydrogen) atoms. The highest BCUT2D eigenvalue weighted by molar-refractivity contribution is 7.46. The van der Waals surface area contributed by atoms with Crippen molar-refractivity contribution in [2.75, 3.05) is 13.2 Å². The molecule has 10 unspecified atom stereocenters. The summed E-state index contributed by atoms with van der Waals surface area (Å²) in [7, 11) is -5.62. The van der Waals surface area contributed by atoms with Gasteiger partial charge in [0.15, 0.2) is 24.8 Å². The Hall–Kier alpha value is -3.65. The highest BCUT2D eigenvalue weighted by Gasteiger charge is 2.54. The Bertz CT molecular complexity index is 2640. The normalized spacial score (nSPS) is 20.3. The predicted molar refractivity (Wildman–Crippen MR) is 488 cm³/mol. The third-order valence-corrected chi connectivity index (χ3v) is 24.8. The Labute approximate surface area is 746 Å². The van der Waals surface area contributed by atoms with E-state index in [-0.39, 0.29) is 25.7 Å². The van der Waals surface area contributed by atoms with Gasteiger partial charge in [-0.25, -0.2) is 4.57 Å². The van der Waals surface area contributed by atoms with E-state index in [2.05, 4.69) is 64.3 Å². The van der Waals surface area contributed by atoms with E-state index in [0.717, 1.165) is 225 Å². The minimum Gasteiger partial charge on any atom is -0.462 e. The first-order valence-electron chi connectivity index (χ1n) is 50.6. The van der Waals surface area contributed by atoms with Gasteiger partial charge in [-0.1, -0.05) is 375 Å². The molecule has 0 aromatic rings. The highest BCUT2D eigenvalue weighted by atomic mass is 31.2. The second-order valence-electron chi connectivity index (χ2n) is 36.0. The van der Waals surface area contributed by atoms with Crippen LogP contribution in [-0.4, -0.2) is 170 Å². The van der Waals surface area contributed by atoms with Gasteiger partial charge in [0, 0.05) is 12.8 Å². The monoisotopic (exact) mass is 1770 g/mol. The van der Waals surface area contributed by atoms with Crippen LogP contribution in [0.1, 0.15) is 478 Å². The number of unbranched alkanes of at least 4 members (excludes halogenated alkanes) is 51. The maximum Gasteiger partial charge on any atom is 0.470 e. The molecule has 2 heterocycles. The first-order chi connectivity index (χ1) is 59.6. The number of allylic oxidation sites excluding steroid dienone is 2. The number of carbonyl (C=O) groups is 6. The average molecular weight is 1770 g/mol. The van der Waals surface area contributed by atoms with Gasteiger partial charge in [-0.05, 0) is 77.0 Å². The quantitative estimate of drug-likeness (QED) is 0.00898. The lowest BCUT2D eigenvalue weighted by Crippen LogP contribution is -2.68. The summed E-state index contributed by atoms with van der Waals surface area (Å²) in [6.45, 7) is 11.2. The minimum absolute atomic E-state index is 0.108. The third kappa shape index (κ3) is 62.3. The Balaban J connectivity index is 2.72. The van der Waals surface area contributed by atoms with Gasteiger partial charge in [-0.15, -0.1) is 0 Å². The molecule has 2 amide bonds. The van der Waals surface area contributed by atoms with Crippen LogP contribution < -0.4 is 10.6 Å². The van der Waals surface area contributed by atoms with Crippen LogP contribution in [0.3, 0.4) is 0 Å². The lowest BCUT2D eigenvalue weighted by atomic mass is 9.95. The molecule has 2 aliphatic rings. The van der Waals surface area contributed by atoms with Crippen LogP contribution in [0.4, 0.5) is 0 Å². The van der Waals surface area contributed by atoms with E-state index in [9.17, 15) is 63.9 Å². The topological polar surface area (TPSA) is 359 Å². The zero-order valence-electron chi connectivity index (χ0n) is 78.4. The molecule has 2 rings (SSSR count). The van der Waals surface area contributed by atoms with Crippen LogP contribution in [0, 0.1) is 0 Å². The van der Waals surface area contributed by atoms with Crippen molar-refractivity contribution < 1.29 is 106 Å². The molecule has 0 aromatic heterocycles. The number of aliphatic hydroxyl groups excluding tert-OH is 5. The van der Waals surface area contributed by atoms with Gasteiger partial charge in [0.2, 0.25) is 11.8 Å². The van der Waals surface area contributed by atoms with Crippen LogP contribution in [0.25, 0.3) is 0 Å². The van der Waals surface area contributed by atoms with E-state index in [0.29, 0.717) is 51.4 Å². The largest absolute Gasteiger partial charge is 0.470 e. The molecule has 14 atom stereocenters. The number of carbonyl (C=O) groups excluding carboxylic acids is 6. The molecule has 2 aliphatic heterocycles. The average Bonchev–Trinajstić information content (AvgIpc) is 0.777. The molecule has 722 valence electrons. The Morgan fingerprint density at radius 2 is 0.691 bits per heavy atom. The third-order valence-electron chi connectivity index (χ3n) is 24.3. The summed E-state index contributed by atoms with van der Waals surface area (Å²) in [5.74, 6) is -4.57. The van der Waals surface area contributed by atoms with Gasteiger partial charge in [0.1, 0.15) is 48.7 Å². The molecule has 0 spiro atoms. The summed E-state index contributed by atoms with van der Waals surface area (Å²) in [5, 5.41) is 63.4. The molecule has 2 saturated heterocycles. The van der Waals surface area contributed by atoms with Crippen LogP contribution in [0.15, 0.2) is 12.2 Å². The van der Waals surface area contributed by atoms with Gasteiger partial charge < -0.3 is 79.1 Å². The van der Waals surface area contributed by atoms with Crippen LogP contribution in [-0.2, 0) is 71.0 Å². The second kappa shape index (κ2) is 78.2. The number of amides is 2. The van der Waals surface area contributed by atoms with E-state index in [1.54, 1.807) is 0 Å². The van der Waals surface area contributed by atoms with Crippen molar-refractivity contribution in [1.82, 2.24) is 10.6 Å². The summed E-state index contributed by atoms with van der Waals surface area (Å²) in [6.07, 6.45) is 44.6. The molecule has 2 fully saturated rings. The standard InChI is InChI=1S/C98H183N2O22P/c1-7-13-19-25-31-37-39-40-42-48-54-60-65-71-87(106)116-81(69-63-57-51-44-34-28-22-16-10-4)75-86(105)100-92-96(121-90(109)76-82(70-64-58-52-45-35-29-23-17-11-5)117-88(107)72-66-59-53-46-36-30-24-18-12-6)94(122-123(112,113)114)83(77-101)119-98(92)115-78-84-93(110)95(120-89(108)74-80(103)68-62-56-49-43-33-27-21-15-9-3)91(97(111)118-84)99-85(104)73-79(102)67-61-55-50-47-41-38-32-26-20-14-8-2/h37,39,79-84,91-98,101-103,110-111H,7-36,38,40-78H2,1-6H3,(H,99,104)(H,100,105)(H2,112,113,114)/b39-37-/t79?,80?,81?,82?,83?,84?,91-,92-,93+,94?,95?,96?,97?,98+/m0/s1. The fraction of sp³-hybridized carbons (Fsp3) is 0.918. The van der Waals surface area contributed by atoms with Gasteiger partial charge in [-0.2, -0.15) is 0 Å². The Kier molecular flexibility index (Phi) is 73.4. The minimum atomic E-state index is -5.62. The number of esters is 4. The fourth-order valence-corrected chi connectivity index (χ4v) is 17.4. The first-order valence-corrected chi connectivity index (χ1v) is 52.2. The number of nitrogens with one attached hydrogen (secondary N) is 2. The van der Waals surface area contributed by atoms with Crippen LogP contribution >= 0.6 is 7.82 Å².